The number of hydrogen-bond donors (Lipinski definition) is 0. The fraction of sp³-hybridized carbons (Fsp3) is 0.0714. The smallest absolute Gasteiger partial charge is 0.139 e. The predicted molar refractivity (Wildman–Crippen MR) is 120 cm³/mol. The van der Waals surface area contributed by atoms with Crippen LogP contribution in [0.3, 0.4) is 0 Å². The minimum Gasteiger partial charge on any atom is -0.207 e. The van der Waals surface area contributed by atoms with E-state index in [9.17, 15) is 8.78 Å². The van der Waals surface area contributed by atoms with Gasteiger partial charge >= 0.3 is 0 Å². The van der Waals surface area contributed by atoms with E-state index in [1.165, 1.54) is 23.8 Å². The molecule has 30 heavy (non-hydrogen) atoms. The first-order valence-electron chi connectivity index (χ1n) is 9.83. The number of aryl methyl sites for hydroxylation is 1. The van der Waals surface area contributed by atoms with Crippen LogP contribution in [-0.4, -0.2) is 0 Å². The summed E-state index contributed by atoms with van der Waals surface area (Å²) in [7, 11) is 0. The second-order valence-electron chi connectivity index (χ2n) is 7.18. The molecule has 2 heteroatoms. The Bertz CT molecular complexity index is 1270. The van der Waals surface area contributed by atoms with Crippen molar-refractivity contribution < 1.29 is 8.78 Å². The largest absolute Gasteiger partial charge is 0.207 e. The van der Waals surface area contributed by atoms with E-state index in [2.05, 4.69) is 30.6 Å². The highest BCUT2D eigenvalue weighted by atomic mass is 19.1. The zero-order valence-corrected chi connectivity index (χ0v) is 16.5. The normalized spacial score (nSPS) is 10.5. The number of benzene rings is 4. The lowest BCUT2D eigenvalue weighted by molar-refractivity contribution is 0.625. The van der Waals surface area contributed by atoms with Crippen LogP contribution < -0.4 is 0 Å². The van der Waals surface area contributed by atoms with Gasteiger partial charge in [0.2, 0.25) is 0 Å². The van der Waals surface area contributed by atoms with Gasteiger partial charge in [-0.25, -0.2) is 8.78 Å². The second kappa shape index (κ2) is 8.76. The van der Waals surface area contributed by atoms with Crippen molar-refractivity contribution in [1.82, 2.24) is 0 Å². The number of fused-ring (bicyclic) bond motifs is 1. The van der Waals surface area contributed by atoms with E-state index in [-0.39, 0.29) is 11.6 Å². The molecule has 4 aromatic carbocycles. The fourth-order valence-corrected chi connectivity index (χ4v) is 3.36. The van der Waals surface area contributed by atoms with Crippen LogP contribution in [0.4, 0.5) is 8.78 Å². The van der Waals surface area contributed by atoms with Crippen LogP contribution in [0, 0.1) is 23.5 Å². The zero-order valence-electron chi connectivity index (χ0n) is 16.5. The van der Waals surface area contributed by atoms with E-state index in [0.717, 1.165) is 40.3 Å². The first-order valence-corrected chi connectivity index (χ1v) is 9.83. The van der Waals surface area contributed by atoms with Gasteiger partial charge in [0.1, 0.15) is 11.6 Å². The number of hydrogen-bond acceptors (Lipinski definition) is 0. The van der Waals surface area contributed by atoms with Gasteiger partial charge in [0.05, 0.1) is 5.56 Å². The van der Waals surface area contributed by atoms with Crippen molar-refractivity contribution in [2.45, 2.75) is 12.8 Å². The highest BCUT2D eigenvalue weighted by Crippen LogP contribution is 2.23. The average Bonchev–Trinajstić information content (AvgIpc) is 2.77. The summed E-state index contributed by atoms with van der Waals surface area (Å²) in [5.74, 6) is 5.29. The third kappa shape index (κ3) is 4.47. The van der Waals surface area contributed by atoms with Crippen molar-refractivity contribution in [1.29, 1.82) is 0 Å². The topological polar surface area (TPSA) is 0 Å². The molecular formula is C28H20F2. The van der Waals surface area contributed by atoms with E-state index < -0.39 is 0 Å². The van der Waals surface area contributed by atoms with Crippen LogP contribution in [-0.2, 0) is 6.42 Å². The van der Waals surface area contributed by atoms with Crippen molar-refractivity contribution in [3.05, 3.63) is 120 Å². The third-order valence-corrected chi connectivity index (χ3v) is 5.04. The minimum absolute atomic E-state index is 0.269. The molecule has 0 aliphatic rings. The molecule has 4 aromatic rings. The van der Waals surface area contributed by atoms with Gasteiger partial charge in [0.25, 0.3) is 0 Å². The zero-order chi connectivity index (χ0) is 20.9. The number of allylic oxidation sites excluding steroid dienone is 1. The lowest BCUT2D eigenvalue weighted by Crippen LogP contribution is -1.88. The predicted octanol–water partition coefficient (Wildman–Crippen LogP) is 7.30. The van der Waals surface area contributed by atoms with Gasteiger partial charge in [0.15, 0.2) is 0 Å². The Morgan fingerprint density at radius 3 is 2.23 bits per heavy atom. The maximum atomic E-state index is 14.6. The van der Waals surface area contributed by atoms with E-state index in [1.54, 1.807) is 12.1 Å². The third-order valence-electron chi connectivity index (χ3n) is 5.04. The van der Waals surface area contributed by atoms with Gasteiger partial charge in [-0.15, -0.1) is 6.58 Å². The first kappa shape index (κ1) is 19.6. The van der Waals surface area contributed by atoms with Crippen LogP contribution in [0.5, 0.6) is 0 Å². The molecule has 0 aromatic heterocycles. The van der Waals surface area contributed by atoms with Gasteiger partial charge < -0.3 is 0 Å². The molecule has 0 saturated heterocycles. The van der Waals surface area contributed by atoms with E-state index in [4.69, 9.17) is 0 Å². The second-order valence-corrected chi connectivity index (χ2v) is 7.18. The lowest BCUT2D eigenvalue weighted by Gasteiger charge is -2.05. The Hall–Kier alpha value is -3.70. The van der Waals surface area contributed by atoms with E-state index in [0.29, 0.717) is 5.56 Å². The molecule has 0 heterocycles. The van der Waals surface area contributed by atoms with Crippen molar-refractivity contribution in [3.8, 4) is 23.0 Å². The van der Waals surface area contributed by atoms with Gasteiger partial charge in [-0.2, -0.15) is 0 Å². The summed E-state index contributed by atoms with van der Waals surface area (Å²) in [4.78, 5) is 0. The molecular weight excluding hydrogens is 374 g/mol. The average molecular weight is 394 g/mol. The molecule has 0 aliphatic heterocycles. The highest BCUT2D eigenvalue weighted by molar-refractivity contribution is 5.84. The van der Waals surface area contributed by atoms with Crippen molar-refractivity contribution in [2.75, 3.05) is 0 Å². The summed E-state index contributed by atoms with van der Waals surface area (Å²) in [5, 5.41) is 1.71. The summed E-state index contributed by atoms with van der Waals surface area (Å²) < 4.78 is 27.9. The molecule has 0 radical (unpaired) electrons. The monoisotopic (exact) mass is 394 g/mol. The minimum atomic E-state index is -0.349. The van der Waals surface area contributed by atoms with Crippen molar-refractivity contribution in [2.24, 2.45) is 0 Å². The molecule has 0 saturated carbocycles. The molecule has 0 spiro atoms. The van der Waals surface area contributed by atoms with Gasteiger partial charge in [-0.3, -0.25) is 0 Å². The molecule has 0 aliphatic carbocycles. The van der Waals surface area contributed by atoms with Crippen molar-refractivity contribution >= 4 is 10.8 Å². The van der Waals surface area contributed by atoms with E-state index in [1.807, 2.05) is 42.5 Å². The first-order chi connectivity index (χ1) is 14.6. The van der Waals surface area contributed by atoms with Gasteiger partial charge in [-0.1, -0.05) is 60.4 Å². The molecule has 0 atom stereocenters. The highest BCUT2D eigenvalue weighted by Gasteiger charge is 2.04. The molecule has 0 amide bonds. The molecule has 0 bridgehead atoms. The van der Waals surface area contributed by atoms with Crippen LogP contribution in [0.25, 0.3) is 21.9 Å². The summed E-state index contributed by atoms with van der Waals surface area (Å²) in [5.41, 5.74) is 4.13. The van der Waals surface area contributed by atoms with E-state index >= 15 is 0 Å². The maximum Gasteiger partial charge on any atom is 0.139 e. The van der Waals surface area contributed by atoms with Crippen molar-refractivity contribution in [3.63, 3.8) is 0 Å². The summed E-state index contributed by atoms with van der Waals surface area (Å²) in [6.45, 7) is 3.74. The Kier molecular flexibility index (Phi) is 5.72. The Morgan fingerprint density at radius 1 is 0.733 bits per heavy atom. The molecule has 0 fully saturated rings. The van der Waals surface area contributed by atoms with Crippen LogP contribution in [0.2, 0.25) is 0 Å². The molecule has 0 N–H and O–H groups in total. The SMILES string of the molecule is C=CCCc1ccc(-c2ccc(C#Cc3ccc4cc(F)ccc4c3)c(F)c2)cc1. The Morgan fingerprint density at radius 2 is 1.47 bits per heavy atom. The quantitative estimate of drug-likeness (QED) is 0.252. The fourth-order valence-electron chi connectivity index (χ4n) is 3.36. The Labute approximate surface area is 175 Å². The lowest BCUT2D eigenvalue weighted by atomic mass is 10.0. The molecule has 146 valence electrons. The van der Waals surface area contributed by atoms with Crippen LogP contribution in [0.15, 0.2) is 91.5 Å². The van der Waals surface area contributed by atoms with Crippen LogP contribution >= 0.6 is 0 Å². The van der Waals surface area contributed by atoms with Gasteiger partial charge in [-0.05, 0) is 76.7 Å². The number of halogens is 2. The summed E-state index contributed by atoms with van der Waals surface area (Å²) in [6, 6.07) is 23.4. The molecule has 0 unspecified atom stereocenters. The standard InChI is InChI=1S/C28H20F2/c1-2-3-4-20-5-9-22(10-6-20)26-14-13-23(28(30)19-26)11-7-21-8-12-25-18-27(29)16-15-24(25)17-21/h2,5-6,8-10,12-19H,1,3-4H2. The maximum absolute atomic E-state index is 14.6. The van der Waals surface area contributed by atoms with Crippen LogP contribution in [0.1, 0.15) is 23.1 Å². The molecule has 0 nitrogen and oxygen atoms in total. The molecule has 4 rings (SSSR count). The Balaban J connectivity index is 1.55. The summed E-state index contributed by atoms with van der Waals surface area (Å²) >= 11 is 0. The summed E-state index contributed by atoms with van der Waals surface area (Å²) in [6.07, 6.45) is 3.80. The van der Waals surface area contributed by atoms with Gasteiger partial charge in [0, 0.05) is 5.56 Å². The number of rotatable bonds is 4.